The van der Waals surface area contributed by atoms with Gasteiger partial charge in [0.05, 0.1) is 13.2 Å². The van der Waals surface area contributed by atoms with E-state index in [4.69, 9.17) is 9.47 Å². The van der Waals surface area contributed by atoms with Gasteiger partial charge in [-0.05, 0) is 41.8 Å². The van der Waals surface area contributed by atoms with Crippen molar-refractivity contribution in [3.05, 3.63) is 29.3 Å². The first-order valence-electron chi connectivity index (χ1n) is 7.05. The molecule has 0 N–H and O–H groups in total. The van der Waals surface area contributed by atoms with Crippen molar-refractivity contribution in [1.82, 2.24) is 20.2 Å². The molecule has 2 aliphatic rings. The standard InChI is InChI=1S/C14H15FN4O2/c1-8-4-12(19-14(9-2-3-9)16-17-18-19)13(5-11(8)15)21-10-6-20-7-10/h4-5,9-10H,2-3,6-7H2,1H3. The second-order valence-electron chi connectivity index (χ2n) is 5.57. The van der Waals surface area contributed by atoms with Gasteiger partial charge in [0.25, 0.3) is 0 Å². The molecular formula is C14H15FN4O2. The molecule has 0 radical (unpaired) electrons. The molecule has 0 bridgehead atoms. The summed E-state index contributed by atoms with van der Waals surface area (Å²) in [4.78, 5) is 0. The normalized spacial score (nSPS) is 18.6. The first kappa shape index (κ1) is 12.7. The zero-order valence-corrected chi connectivity index (χ0v) is 11.6. The molecule has 21 heavy (non-hydrogen) atoms. The zero-order valence-electron chi connectivity index (χ0n) is 11.6. The third-order valence-corrected chi connectivity index (χ3v) is 3.81. The van der Waals surface area contributed by atoms with E-state index in [9.17, 15) is 4.39 Å². The highest BCUT2D eigenvalue weighted by Crippen LogP contribution is 2.40. The van der Waals surface area contributed by atoms with Crippen LogP contribution in [-0.2, 0) is 4.74 Å². The fourth-order valence-corrected chi connectivity index (χ4v) is 2.33. The lowest BCUT2D eigenvalue weighted by atomic mass is 10.2. The lowest BCUT2D eigenvalue weighted by Gasteiger charge is -2.27. The number of benzene rings is 1. The number of hydrogen-bond acceptors (Lipinski definition) is 5. The van der Waals surface area contributed by atoms with Gasteiger partial charge >= 0.3 is 0 Å². The topological polar surface area (TPSA) is 62.1 Å². The third kappa shape index (κ3) is 2.27. The van der Waals surface area contributed by atoms with E-state index in [1.54, 1.807) is 17.7 Å². The number of halogens is 1. The molecule has 4 rings (SSSR count). The molecule has 1 aromatic carbocycles. The first-order valence-corrected chi connectivity index (χ1v) is 7.05. The Hall–Kier alpha value is -2.02. The van der Waals surface area contributed by atoms with Crippen LogP contribution in [0.5, 0.6) is 5.75 Å². The molecule has 1 aliphatic heterocycles. The number of hydrogen-bond donors (Lipinski definition) is 0. The van der Waals surface area contributed by atoms with Crippen molar-refractivity contribution in [2.45, 2.75) is 31.8 Å². The monoisotopic (exact) mass is 290 g/mol. The number of aromatic nitrogens is 4. The molecule has 1 saturated carbocycles. The minimum Gasteiger partial charge on any atom is -0.483 e. The summed E-state index contributed by atoms with van der Waals surface area (Å²) in [5.41, 5.74) is 1.23. The fourth-order valence-electron chi connectivity index (χ4n) is 2.33. The predicted octanol–water partition coefficient (Wildman–Crippen LogP) is 1.76. The van der Waals surface area contributed by atoms with E-state index in [-0.39, 0.29) is 11.9 Å². The number of rotatable bonds is 4. The maximum atomic E-state index is 13.9. The Morgan fingerprint density at radius 1 is 1.33 bits per heavy atom. The molecular weight excluding hydrogens is 275 g/mol. The minimum absolute atomic E-state index is 0.0355. The van der Waals surface area contributed by atoms with Gasteiger partial charge in [0.2, 0.25) is 0 Å². The molecule has 0 unspecified atom stereocenters. The van der Waals surface area contributed by atoms with E-state index < -0.39 is 0 Å². The summed E-state index contributed by atoms with van der Waals surface area (Å²) in [6.07, 6.45) is 2.15. The maximum Gasteiger partial charge on any atom is 0.159 e. The van der Waals surface area contributed by atoms with Gasteiger partial charge in [-0.3, -0.25) is 0 Å². The van der Waals surface area contributed by atoms with Crippen molar-refractivity contribution in [3.63, 3.8) is 0 Å². The molecule has 1 aromatic heterocycles. The molecule has 0 amide bonds. The highest BCUT2D eigenvalue weighted by Gasteiger charge is 2.31. The zero-order chi connectivity index (χ0) is 14.4. The summed E-state index contributed by atoms with van der Waals surface area (Å²) in [6.45, 7) is 2.77. The Kier molecular flexibility index (Phi) is 2.88. The van der Waals surface area contributed by atoms with Gasteiger partial charge in [-0.25, -0.2) is 4.39 Å². The van der Waals surface area contributed by atoms with Crippen LogP contribution in [0.4, 0.5) is 4.39 Å². The van der Waals surface area contributed by atoms with E-state index in [0.29, 0.717) is 36.1 Å². The van der Waals surface area contributed by atoms with Gasteiger partial charge in [0.1, 0.15) is 23.4 Å². The summed E-state index contributed by atoms with van der Waals surface area (Å²) in [7, 11) is 0. The van der Waals surface area contributed by atoms with Crippen molar-refractivity contribution in [3.8, 4) is 11.4 Å². The molecule has 2 aromatic rings. The van der Waals surface area contributed by atoms with Crippen LogP contribution in [0.1, 0.15) is 30.1 Å². The van der Waals surface area contributed by atoms with Crippen molar-refractivity contribution in [2.24, 2.45) is 0 Å². The van der Waals surface area contributed by atoms with Crippen LogP contribution in [0.3, 0.4) is 0 Å². The molecule has 2 heterocycles. The molecule has 2 fully saturated rings. The maximum absolute atomic E-state index is 13.9. The molecule has 1 saturated heterocycles. The molecule has 110 valence electrons. The summed E-state index contributed by atoms with van der Waals surface area (Å²) in [5, 5.41) is 11.9. The van der Waals surface area contributed by atoms with Crippen molar-refractivity contribution in [2.75, 3.05) is 13.2 Å². The number of aryl methyl sites for hydroxylation is 1. The predicted molar refractivity (Wildman–Crippen MR) is 71.1 cm³/mol. The van der Waals surface area contributed by atoms with Gasteiger partial charge < -0.3 is 9.47 Å². The molecule has 7 heteroatoms. The van der Waals surface area contributed by atoms with Crippen LogP contribution >= 0.6 is 0 Å². The van der Waals surface area contributed by atoms with E-state index >= 15 is 0 Å². The summed E-state index contributed by atoms with van der Waals surface area (Å²) < 4.78 is 26.5. The molecule has 0 atom stereocenters. The second kappa shape index (κ2) is 4.77. The lowest BCUT2D eigenvalue weighted by Crippen LogP contribution is -2.38. The molecule has 6 nitrogen and oxygen atoms in total. The highest BCUT2D eigenvalue weighted by atomic mass is 19.1. The Bertz CT molecular complexity index is 680. The van der Waals surface area contributed by atoms with Gasteiger partial charge in [-0.1, -0.05) is 0 Å². The fraction of sp³-hybridized carbons (Fsp3) is 0.500. The number of nitrogens with zero attached hydrogens (tertiary/aromatic N) is 4. The second-order valence-corrected chi connectivity index (χ2v) is 5.57. The van der Waals surface area contributed by atoms with Crippen LogP contribution in [-0.4, -0.2) is 39.5 Å². The van der Waals surface area contributed by atoms with Gasteiger partial charge in [0, 0.05) is 12.0 Å². The number of ether oxygens (including phenoxy) is 2. The van der Waals surface area contributed by atoms with Crippen LogP contribution < -0.4 is 4.74 Å². The average Bonchev–Trinajstić information content (AvgIpc) is 3.15. The highest BCUT2D eigenvalue weighted by molar-refractivity contribution is 5.49. The van der Waals surface area contributed by atoms with Crippen LogP contribution in [0.15, 0.2) is 12.1 Å². The smallest absolute Gasteiger partial charge is 0.159 e. The third-order valence-electron chi connectivity index (χ3n) is 3.81. The molecule has 1 aliphatic carbocycles. The summed E-state index contributed by atoms with van der Waals surface area (Å²) >= 11 is 0. The Morgan fingerprint density at radius 3 is 2.81 bits per heavy atom. The van der Waals surface area contributed by atoms with Crippen LogP contribution in [0, 0.1) is 12.7 Å². The average molecular weight is 290 g/mol. The number of tetrazole rings is 1. The van der Waals surface area contributed by atoms with Gasteiger partial charge in [-0.2, -0.15) is 4.68 Å². The summed E-state index contributed by atoms with van der Waals surface area (Å²) in [5.74, 6) is 1.37. The van der Waals surface area contributed by atoms with Gasteiger partial charge in [-0.15, -0.1) is 5.10 Å². The minimum atomic E-state index is -0.296. The SMILES string of the molecule is Cc1cc(-n2nnnc2C2CC2)c(OC2COC2)cc1F. The van der Waals surface area contributed by atoms with Gasteiger partial charge in [0.15, 0.2) is 5.82 Å². The first-order chi connectivity index (χ1) is 10.2. The van der Waals surface area contributed by atoms with E-state index in [2.05, 4.69) is 15.5 Å². The Labute approximate surface area is 120 Å². The largest absolute Gasteiger partial charge is 0.483 e. The summed E-state index contributed by atoms with van der Waals surface area (Å²) in [6, 6.07) is 3.13. The quantitative estimate of drug-likeness (QED) is 0.858. The van der Waals surface area contributed by atoms with Crippen molar-refractivity contribution < 1.29 is 13.9 Å². The van der Waals surface area contributed by atoms with Crippen molar-refractivity contribution >= 4 is 0 Å². The molecule has 0 spiro atoms. The van der Waals surface area contributed by atoms with E-state index in [1.165, 1.54) is 6.07 Å². The van der Waals surface area contributed by atoms with E-state index in [1.807, 2.05) is 0 Å². The Balaban J connectivity index is 1.77. The van der Waals surface area contributed by atoms with Crippen LogP contribution in [0.2, 0.25) is 0 Å². The lowest BCUT2D eigenvalue weighted by molar-refractivity contribution is -0.0797. The van der Waals surface area contributed by atoms with Crippen LogP contribution in [0.25, 0.3) is 5.69 Å². The van der Waals surface area contributed by atoms with Crippen molar-refractivity contribution in [1.29, 1.82) is 0 Å². The Morgan fingerprint density at radius 2 is 2.14 bits per heavy atom. The van der Waals surface area contributed by atoms with E-state index in [0.717, 1.165) is 18.7 Å².